The van der Waals surface area contributed by atoms with Crippen LogP contribution in [0.3, 0.4) is 0 Å². The van der Waals surface area contributed by atoms with E-state index in [4.69, 9.17) is 0 Å². The summed E-state index contributed by atoms with van der Waals surface area (Å²) in [5, 5.41) is 0. The molecule has 0 heterocycles. The molecule has 0 saturated carbocycles. The summed E-state index contributed by atoms with van der Waals surface area (Å²) in [7, 11) is 0. The topological polar surface area (TPSA) is 0 Å². The molecule has 0 aromatic rings. The molecule has 0 N–H and O–H groups in total. The molecule has 0 heteroatoms. The van der Waals surface area contributed by atoms with Crippen LogP contribution >= 0.6 is 0 Å². The first-order valence-electron chi connectivity index (χ1n) is 4.46. The molecule has 0 bridgehead atoms. The van der Waals surface area contributed by atoms with E-state index >= 15 is 0 Å². The molecule has 0 nitrogen and oxygen atoms in total. The van der Waals surface area contributed by atoms with Crippen LogP contribution in [0.4, 0.5) is 0 Å². The van der Waals surface area contributed by atoms with Gasteiger partial charge in [0.1, 0.15) is 0 Å². The zero-order valence-electron chi connectivity index (χ0n) is 8.17. The Hall–Kier alpha value is -0.520. The van der Waals surface area contributed by atoms with Gasteiger partial charge in [-0.05, 0) is 18.3 Å². The van der Waals surface area contributed by atoms with Crippen molar-refractivity contribution in [1.29, 1.82) is 0 Å². The van der Waals surface area contributed by atoms with Gasteiger partial charge in [-0.3, -0.25) is 0 Å². The van der Waals surface area contributed by atoms with Gasteiger partial charge in [0.15, 0.2) is 0 Å². The van der Waals surface area contributed by atoms with E-state index in [-0.39, 0.29) is 0 Å². The lowest BCUT2D eigenvalue weighted by Gasteiger charge is -1.95. The Morgan fingerprint density at radius 3 is 2.09 bits per heavy atom. The minimum absolute atomic E-state index is 0.665. The van der Waals surface area contributed by atoms with E-state index in [1.165, 1.54) is 6.42 Å². The van der Waals surface area contributed by atoms with Crippen molar-refractivity contribution in [2.45, 2.75) is 34.1 Å². The molecule has 64 valence electrons. The van der Waals surface area contributed by atoms with Crippen molar-refractivity contribution in [1.82, 2.24) is 0 Å². The highest BCUT2D eigenvalue weighted by molar-refractivity contribution is 5.03. The molecular weight excluding hydrogens is 132 g/mol. The van der Waals surface area contributed by atoms with Crippen LogP contribution in [0.5, 0.6) is 0 Å². The maximum atomic E-state index is 2.23. The Kier molecular flexibility index (Phi) is 5.91. The van der Waals surface area contributed by atoms with Gasteiger partial charge >= 0.3 is 0 Å². The molecule has 0 rings (SSSR count). The zero-order chi connectivity index (χ0) is 8.69. The molecule has 0 atom stereocenters. The van der Waals surface area contributed by atoms with E-state index in [2.05, 4.69) is 52.0 Å². The predicted octanol–water partition coefficient (Wildman–Crippen LogP) is 3.80. The first kappa shape index (κ1) is 10.5. The third kappa shape index (κ3) is 9.48. The molecule has 0 amide bonds. The normalized spacial score (nSPS) is 12.9. The molecule has 0 unspecified atom stereocenters. The molecule has 0 aliphatic heterocycles. The fraction of sp³-hybridized carbons (Fsp3) is 0.636. The van der Waals surface area contributed by atoms with E-state index in [0.717, 1.165) is 5.92 Å². The molecule has 0 aromatic carbocycles. The van der Waals surface area contributed by atoms with E-state index < -0.39 is 0 Å². The number of allylic oxidation sites excluding steroid dienone is 4. The lowest BCUT2D eigenvalue weighted by molar-refractivity contribution is 0.664. The van der Waals surface area contributed by atoms with Crippen LogP contribution in [0.25, 0.3) is 0 Å². The van der Waals surface area contributed by atoms with Gasteiger partial charge in [-0.15, -0.1) is 0 Å². The van der Waals surface area contributed by atoms with Gasteiger partial charge in [-0.2, -0.15) is 0 Å². The minimum atomic E-state index is 0.665. The summed E-state index contributed by atoms with van der Waals surface area (Å²) in [5.74, 6) is 1.44. The smallest absolute Gasteiger partial charge is 0.0287 e. The fourth-order valence-electron chi connectivity index (χ4n) is 0.716. The van der Waals surface area contributed by atoms with Gasteiger partial charge in [0.05, 0.1) is 0 Å². The lowest BCUT2D eigenvalue weighted by atomic mass is 10.1. The van der Waals surface area contributed by atoms with Crippen LogP contribution < -0.4 is 0 Å². The number of rotatable bonds is 4. The van der Waals surface area contributed by atoms with Crippen molar-refractivity contribution < 1.29 is 0 Å². The van der Waals surface area contributed by atoms with Crippen LogP contribution in [-0.4, -0.2) is 0 Å². The third-order valence-electron chi connectivity index (χ3n) is 1.35. The molecule has 11 heavy (non-hydrogen) atoms. The van der Waals surface area contributed by atoms with Crippen molar-refractivity contribution in [2.75, 3.05) is 0 Å². The molecular formula is C11H20. The zero-order valence-corrected chi connectivity index (χ0v) is 8.17. The highest BCUT2D eigenvalue weighted by atomic mass is 13.9. The predicted molar refractivity (Wildman–Crippen MR) is 52.6 cm³/mol. The Balaban J connectivity index is 3.44. The number of hydrogen-bond acceptors (Lipinski definition) is 0. The van der Waals surface area contributed by atoms with Gasteiger partial charge in [0.2, 0.25) is 0 Å². The summed E-state index contributed by atoms with van der Waals surface area (Å²) in [6.07, 6.45) is 9.88. The highest BCUT2D eigenvalue weighted by Crippen LogP contribution is 2.00. The van der Waals surface area contributed by atoms with Crippen molar-refractivity contribution in [3.8, 4) is 0 Å². The third-order valence-corrected chi connectivity index (χ3v) is 1.35. The quantitative estimate of drug-likeness (QED) is 0.537. The van der Waals surface area contributed by atoms with E-state index in [0.29, 0.717) is 5.92 Å². The first-order valence-corrected chi connectivity index (χ1v) is 4.46. The molecule has 0 aliphatic carbocycles. The Morgan fingerprint density at radius 1 is 1.00 bits per heavy atom. The summed E-state index contributed by atoms with van der Waals surface area (Å²) in [6, 6.07) is 0. The average Bonchev–Trinajstić information content (AvgIpc) is 1.85. The van der Waals surface area contributed by atoms with Crippen molar-refractivity contribution in [3.63, 3.8) is 0 Å². The summed E-state index contributed by atoms with van der Waals surface area (Å²) in [4.78, 5) is 0. The maximum Gasteiger partial charge on any atom is -0.0287 e. The molecule has 0 spiro atoms. The molecule has 0 radical (unpaired) electrons. The largest absolute Gasteiger partial charge is 0.0843 e. The van der Waals surface area contributed by atoms with E-state index in [1.807, 2.05) is 0 Å². The van der Waals surface area contributed by atoms with Gasteiger partial charge in [0.25, 0.3) is 0 Å². The van der Waals surface area contributed by atoms with Gasteiger partial charge in [-0.1, -0.05) is 52.0 Å². The fourth-order valence-corrected chi connectivity index (χ4v) is 0.716. The van der Waals surface area contributed by atoms with Crippen molar-refractivity contribution >= 4 is 0 Å². The van der Waals surface area contributed by atoms with E-state index in [9.17, 15) is 0 Å². The van der Waals surface area contributed by atoms with Crippen LogP contribution in [0.15, 0.2) is 24.3 Å². The molecule has 0 aliphatic rings. The van der Waals surface area contributed by atoms with Gasteiger partial charge in [-0.25, -0.2) is 0 Å². The second kappa shape index (κ2) is 6.21. The second-order valence-electron chi connectivity index (χ2n) is 3.69. The molecule has 0 fully saturated rings. The maximum absolute atomic E-state index is 2.23. The summed E-state index contributed by atoms with van der Waals surface area (Å²) in [5.41, 5.74) is 0. The summed E-state index contributed by atoms with van der Waals surface area (Å²) in [6.45, 7) is 8.84. The highest BCUT2D eigenvalue weighted by Gasteiger charge is 1.85. The molecule has 0 saturated heterocycles. The minimum Gasteiger partial charge on any atom is -0.0843 e. The Morgan fingerprint density at radius 2 is 1.64 bits per heavy atom. The van der Waals surface area contributed by atoms with Crippen LogP contribution in [-0.2, 0) is 0 Å². The lowest BCUT2D eigenvalue weighted by Crippen LogP contribution is -1.80. The summed E-state index contributed by atoms with van der Waals surface area (Å²) >= 11 is 0. The van der Waals surface area contributed by atoms with Crippen LogP contribution in [0.2, 0.25) is 0 Å². The van der Waals surface area contributed by atoms with Gasteiger partial charge in [0, 0.05) is 0 Å². The number of hydrogen-bond donors (Lipinski definition) is 0. The molecule has 0 aromatic heterocycles. The Labute approximate surface area is 71.0 Å². The first-order chi connectivity index (χ1) is 5.13. The van der Waals surface area contributed by atoms with Gasteiger partial charge < -0.3 is 0 Å². The van der Waals surface area contributed by atoms with Crippen LogP contribution in [0, 0.1) is 11.8 Å². The second-order valence-corrected chi connectivity index (χ2v) is 3.69. The average molecular weight is 152 g/mol. The van der Waals surface area contributed by atoms with E-state index in [1.54, 1.807) is 0 Å². The Bertz CT molecular complexity index is 127. The SMILES string of the molecule is CC(C)C=C/C=C/CC(C)C. The monoisotopic (exact) mass is 152 g/mol. The standard InChI is InChI=1S/C11H20/c1-10(2)8-6-5-7-9-11(3)4/h5-8,10-11H,9H2,1-4H3/b7-5+,8-6?. The van der Waals surface area contributed by atoms with Crippen LogP contribution in [0.1, 0.15) is 34.1 Å². The van der Waals surface area contributed by atoms with Crippen molar-refractivity contribution in [2.24, 2.45) is 11.8 Å². The van der Waals surface area contributed by atoms with Crippen molar-refractivity contribution in [3.05, 3.63) is 24.3 Å². The summed E-state index contributed by atoms with van der Waals surface area (Å²) < 4.78 is 0.